The Hall–Kier alpha value is -3.78. The summed E-state index contributed by atoms with van der Waals surface area (Å²) in [6.07, 6.45) is 28.8. The molecule has 0 amide bonds. The van der Waals surface area contributed by atoms with Crippen LogP contribution in [-0.4, -0.2) is 33.0 Å². The van der Waals surface area contributed by atoms with E-state index in [1.54, 1.807) is 0 Å². The van der Waals surface area contributed by atoms with Crippen molar-refractivity contribution in [2.45, 2.75) is 202 Å². The van der Waals surface area contributed by atoms with Crippen molar-refractivity contribution in [1.29, 1.82) is 0 Å². The maximum atomic E-state index is 6.69. The smallest absolute Gasteiger partial charge is 0.161 e. The Balaban J connectivity index is 1.97. The molecule has 0 aliphatic carbocycles. The highest BCUT2D eigenvalue weighted by atomic mass is 16.5. The Kier molecular flexibility index (Phi) is 24.8. The molecule has 61 heavy (non-hydrogen) atoms. The van der Waals surface area contributed by atoms with Gasteiger partial charge in [-0.05, 0) is 107 Å². The summed E-state index contributed by atoms with van der Waals surface area (Å²) in [6.45, 7) is 16.9. The number of hydrogen-bond donors (Lipinski definition) is 0. The highest BCUT2D eigenvalue weighted by Crippen LogP contribution is 2.46. The molecule has 338 valence electrons. The number of ether oxygens (including phenoxy) is 5. The maximum absolute atomic E-state index is 6.69. The molecular weight excluding hydrogens is 753 g/mol. The minimum absolute atomic E-state index is 0.669. The van der Waals surface area contributed by atoms with Crippen LogP contribution in [0.15, 0.2) is 36.4 Å². The van der Waals surface area contributed by atoms with E-state index in [2.05, 4.69) is 89.8 Å². The fourth-order valence-electron chi connectivity index (χ4n) is 8.06. The Bertz CT molecular complexity index is 1830. The van der Waals surface area contributed by atoms with Gasteiger partial charge in [0.25, 0.3) is 0 Å². The van der Waals surface area contributed by atoms with Crippen molar-refractivity contribution in [2.24, 2.45) is 0 Å². The van der Waals surface area contributed by atoms with Gasteiger partial charge >= 0.3 is 0 Å². The van der Waals surface area contributed by atoms with Crippen molar-refractivity contribution in [2.75, 3.05) is 33.0 Å². The van der Waals surface area contributed by atoms with Crippen molar-refractivity contribution in [3.05, 3.63) is 42.0 Å². The van der Waals surface area contributed by atoms with Gasteiger partial charge in [0.1, 0.15) is 5.75 Å². The van der Waals surface area contributed by atoms with Crippen LogP contribution in [-0.2, 0) is 0 Å². The monoisotopic (exact) mass is 837 g/mol. The Morgan fingerprint density at radius 1 is 0.295 bits per heavy atom. The average Bonchev–Trinajstić information content (AvgIpc) is 3.27. The van der Waals surface area contributed by atoms with Gasteiger partial charge in [0.05, 0.1) is 38.6 Å². The van der Waals surface area contributed by atoms with E-state index in [1.807, 2.05) is 0 Å². The Labute approximate surface area is 372 Å². The zero-order chi connectivity index (χ0) is 43.3. The van der Waals surface area contributed by atoms with Crippen molar-refractivity contribution < 1.29 is 23.7 Å². The third kappa shape index (κ3) is 16.8. The second kappa shape index (κ2) is 30.3. The summed E-state index contributed by atoms with van der Waals surface area (Å²) in [5, 5.41) is 6.78. The Morgan fingerprint density at radius 3 is 0.869 bits per heavy atom. The van der Waals surface area contributed by atoms with Crippen LogP contribution < -0.4 is 23.7 Å². The minimum Gasteiger partial charge on any atom is -0.492 e. The molecule has 0 radical (unpaired) electrons. The van der Waals surface area contributed by atoms with Gasteiger partial charge in [0, 0.05) is 6.42 Å². The number of benzene rings is 4. The van der Waals surface area contributed by atoms with E-state index in [-0.39, 0.29) is 0 Å². The second-order valence-corrected chi connectivity index (χ2v) is 17.2. The SMILES string of the molecule is CCCCCCC#Cc1cc2c(cc1OCCCCCC)c1cc(OCCCCCC)c(OCCCCCC)cc1c1cc(OCCCCCC)c(OCCCCCC)cc21. The molecule has 0 unspecified atom stereocenters. The molecule has 5 heteroatoms. The van der Waals surface area contributed by atoms with Crippen LogP contribution >= 0.6 is 0 Å². The molecule has 0 N–H and O–H groups in total. The molecule has 0 aliphatic rings. The van der Waals surface area contributed by atoms with Crippen LogP contribution in [0.4, 0.5) is 0 Å². The van der Waals surface area contributed by atoms with Gasteiger partial charge in [0.2, 0.25) is 0 Å². The first-order valence-corrected chi connectivity index (χ1v) is 25.3. The third-order valence-corrected chi connectivity index (χ3v) is 11.8. The molecule has 0 heterocycles. The maximum Gasteiger partial charge on any atom is 0.161 e. The lowest BCUT2D eigenvalue weighted by Gasteiger charge is -2.20. The normalized spacial score (nSPS) is 11.3. The molecule has 4 rings (SSSR count). The van der Waals surface area contributed by atoms with Crippen molar-refractivity contribution >= 4 is 32.3 Å². The van der Waals surface area contributed by atoms with Gasteiger partial charge in [-0.1, -0.05) is 169 Å². The fraction of sp³-hybridized carbons (Fsp3) is 0.643. The van der Waals surface area contributed by atoms with E-state index in [1.165, 1.54) is 89.9 Å². The molecule has 0 atom stereocenters. The fourth-order valence-corrected chi connectivity index (χ4v) is 8.06. The number of fused-ring (bicyclic) bond motifs is 6. The molecule has 0 saturated heterocycles. The summed E-state index contributed by atoms with van der Waals surface area (Å²) in [5.41, 5.74) is 0.955. The lowest BCUT2D eigenvalue weighted by Crippen LogP contribution is -2.04. The molecule has 4 aromatic rings. The zero-order valence-corrected chi connectivity index (χ0v) is 39.7. The molecule has 4 aromatic carbocycles. The summed E-state index contributed by atoms with van der Waals surface area (Å²) in [6, 6.07) is 13.5. The van der Waals surface area contributed by atoms with Gasteiger partial charge in [-0.2, -0.15) is 0 Å². The van der Waals surface area contributed by atoms with E-state index < -0.39 is 0 Å². The first kappa shape index (κ1) is 49.9. The van der Waals surface area contributed by atoms with Gasteiger partial charge in [-0.3, -0.25) is 0 Å². The van der Waals surface area contributed by atoms with Gasteiger partial charge in [-0.15, -0.1) is 0 Å². The lowest BCUT2D eigenvalue weighted by atomic mass is 9.92. The summed E-state index contributed by atoms with van der Waals surface area (Å²) in [7, 11) is 0. The summed E-state index contributed by atoms with van der Waals surface area (Å²) < 4.78 is 33.3. The molecular formula is C56H84O5. The van der Waals surface area contributed by atoms with Crippen LogP contribution in [0.2, 0.25) is 0 Å². The minimum atomic E-state index is 0.669. The quantitative estimate of drug-likeness (QED) is 0.0266. The van der Waals surface area contributed by atoms with E-state index in [0.29, 0.717) is 33.0 Å². The number of unbranched alkanes of at least 4 members (excludes halogenated alkanes) is 19. The van der Waals surface area contributed by atoms with Crippen molar-refractivity contribution in [3.63, 3.8) is 0 Å². The number of hydrogen-bond acceptors (Lipinski definition) is 5. The standard InChI is InChI=1S/C56H84O5/c1-7-13-19-25-26-27-33-45-39-46-47(40-52(45)57-34-28-20-14-8-2)49-42-54(59-36-30-22-16-10-4)56(61-38-32-24-18-12-6)44-51(49)50-43-55(60-37-31-23-17-11-5)53(41-48(46)50)58-35-29-21-15-9-3/h39-44H,7-26,28-32,34-38H2,1-6H3. The molecule has 0 spiro atoms. The zero-order valence-electron chi connectivity index (χ0n) is 39.7. The van der Waals surface area contributed by atoms with Crippen LogP contribution in [0, 0.1) is 11.8 Å². The topological polar surface area (TPSA) is 46.2 Å². The molecule has 0 saturated carbocycles. The predicted octanol–water partition coefficient (Wildman–Crippen LogP) is 17.3. The van der Waals surface area contributed by atoms with Crippen LogP contribution in [0.5, 0.6) is 28.7 Å². The summed E-state index contributed by atoms with van der Waals surface area (Å²) >= 11 is 0. The molecule has 0 aliphatic heterocycles. The van der Waals surface area contributed by atoms with Gasteiger partial charge in [0.15, 0.2) is 23.0 Å². The highest BCUT2D eigenvalue weighted by molar-refractivity contribution is 6.26. The lowest BCUT2D eigenvalue weighted by molar-refractivity contribution is 0.259. The van der Waals surface area contributed by atoms with Crippen molar-refractivity contribution in [1.82, 2.24) is 0 Å². The second-order valence-electron chi connectivity index (χ2n) is 17.2. The van der Waals surface area contributed by atoms with Crippen molar-refractivity contribution in [3.8, 4) is 40.6 Å². The highest BCUT2D eigenvalue weighted by Gasteiger charge is 2.20. The number of rotatable bonds is 34. The first-order valence-electron chi connectivity index (χ1n) is 25.3. The first-order chi connectivity index (χ1) is 30.1. The third-order valence-electron chi connectivity index (χ3n) is 11.8. The molecule has 0 fully saturated rings. The predicted molar refractivity (Wildman–Crippen MR) is 263 cm³/mol. The molecule has 5 nitrogen and oxygen atoms in total. The van der Waals surface area contributed by atoms with E-state index in [4.69, 9.17) is 23.7 Å². The average molecular weight is 837 g/mol. The molecule has 0 aromatic heterocycles. The Morgan fingerprint density at radius 2 is 0.557 bits per heavy atom. The van der Waals surface area contributed by atoms with E-state index >= 15 is 0 Å². The van der Waals surface area contributed by atoms with Crippen LogP contribution in [0.3, 0.4) is 0 Å². The van der Waals surface area contributed by atoms with Crippen LogP contribution in [0.25, 0.3) is 32.3 Å². The van der Waals surface area contributed by atoms with Gasteiger partial charge in [-0.25, -0.2) is 0 Å². The molecule has 0 bridgehead atoms. The summed E-state index contributed by atoms with van der Waals surface area (Å²) in [4.78, 5) is 0. The summed E-state index contributed by atoms with van der Waals surface area (Å²) in [5.74, 6) is 11.3. The van der Waals surface area contributed by atoms with E-state index in [9.17, 15) is 0 Å². The van der Waals surface area contributed by atoms with Crippen LogP contribution in [0.1, 0.15) is 208 Å². The van der Waals surface area contributed by atoms with E-state index in [0.717, 1.165) is 137 Å². The van der Waals surface area contributed by atoms with Gasteiger partial charge < -0.3 is 23.7 Å². The largest absolute Gasteiger partial charge is 0.492 e.